The minimum absolute atomic E-state index is 0.151. The van der Waals surface area contributed by atoms with Crippen LogP contribution in [-0.2, 0) is 0 Å². The van der Waals surface area contributed by atoms with Crippen LogP contribution in [0, 0.1) is 5.92 Å². The van der Waals surface area contributed by atoms with E-state index >= 15 is 0 Å². The molecule has 5 heteroatoms. The first-order valence-corrected chi connectivity index (χ1v) is 7.21. The number of hydrogen-bond acceptors (Lipinski definition) is 2. The van der Waals surface area contributed by atoms with Crippen molar-refractivity contribution in [2.24, 2.45) is 5.92 Å². The van der Waals surface area contributed by atoms with Gasteiger partial charge in [-0.3, -0.25) is 4.79 Å². The minimum atomic E-state index is -0.151. The molecule has 0 saturated heterocycles. The first-order valence-electron chi connectivity index (χ1n) is 6.30. The maximum Gasteiger partial charge on any atom is 0.255 e. The lowest BCUT2D eigenvalue weighted by molar-refractivity contribution is 0.0943. The van der Waals surface area contributed by atoms with Crippen LogP contribution in [0.25, 0.3) is 0 Å². The molecule has 0 fully saturated rings. The summed E-state index contributed by atoms with van der Waals surface area (Å²) in [6, 6.07) is 4.97. The van der Waals surface area contributed by atoms with Gasteiger partial charge in [0, 0.05) is 17.4 Å². The number of amides is 1. The van der Waals surface area contributed by atoms with Crippen molar-refractivity contribution >= 4 is 29.1 Å². The number of alkyl halides is 1. The molecule has 0 aromatic heterocycles. The zero-order chi connectivity index (χ0) is 14.3. The fraction of sp³-hybridized carbons (Fsp3) is 0.500. The van der Waals surface area contributed by atoms with Gasteiger partial charge in [0.15, 0.2) is 0 Å². The van der Waals surface area contributed by atoms with Crippen LogP contribution in [0.15, 0.2) is 18.2 Å². The van der Waals surface area contributed by atoms with Crippen LogP contribution >= 0.6 is 23.2 Å². The van der Waals surface area contributed by atoms with E-state index in [0.29, 0.717) is 34.7 Å². The number of methoxy groups -OCH3 is 1. The normalized spacial score (nSPS) is 12.0. The second-order valence-electron chi connectivity index (χ2n) is 4.31. The van der Waals surface area contributed by atoms with E-state index in [0.717, 1.165) is 12.8 Å². The summed E-state index contributed by atoms with van der Waals surface area (Å²) >= 11 is 11.6. The van der Waals surface area contributed by atoms with Crippen LogP contribution in [0.2, 0.25) is 5.02 Å². The predicted octanol–water partition coefficient (Wildman–Crippen LogP) is 3.73. The molecule has 1 rings (SSSR count). The molecular weight excluding hydrogens is 285 g/mol. The van der Waals surface area contributed by atoms with Gasteiger partial charge in [-0.05, 0) is 30.5 Å². The highest BCUT2D eigenvalue weighted by Crippen LogP contribution is 2.23. The van der Waals surface area contributed by atoms with Crippen LogP contribution in [0.5, 0.6) is 5.75 Å². The molecule has 19 heavy (non-hydrogen) atoms. The fourth-order valence-corrected chi connectivity index (χ4v) is 2.26. The van der Waals surface area contributed by atoms with E-state index in [-0.39, 0.29) is 5.91 Å². The smallest absolute Gasteiger partial charge is 0.255 e. The molecule has 0 heterocycles. The van der Waals surface area contributed by atoms with Gasteiger partial charge in [-0.15, -0.1) is 11.6 Å². The molecule has 1 aromatic carbocycles. The number of halogens is 2. The summed E-state index contributed by atoms with van der Waals surface area (Å²) in [6.45, 7) is 2.71. The molecular formula is C14H19Cl2NO2. The number of nitrogens with one attached hydrogen (secondary N) is 1. The topological polar surface area (TPSA) is 38.3 Å². The van der Waals surface area contributed by atoms with E-state index in [9.17, 15) is 4.79 Å². The molecule has 3 nitrogen and oxygen atoms in total. The lowest BCUT2D eigenvalue weighted by Gasteiger charge is -2.15. The van der Waals surface area contributed by atoms with Crippen LogP contribution in [0.1, 0.15) is 30.1 Å². The molecule has 1 atom stereocenters. The third kappa shape index (κ3) is 4.92. The van der Waals surface area contributed by atoms with Gasteiger partial charge in [0.05, 0.1) is 12.7 Å². The van der Waals surface area contributed by atoms with E-state index in [1.54, 1.807) is 18.2 Å². The van der Waals surface area contributed by atoms with Crippen molar-refractivity contribution in [1.82, 2.24) is 5.32 Å². The molecule has 0 radical (unpaired) electrons. The largest absolute Gasteiger partial charge is 0.496 e. The number of carbonyl (C=O) groups excluding carboxylic acids is 1. The number of carbonyl (C=O) groups is 1. The predicted molar refractivity (Wildman–Crippen MR) is 79.5 cm³/mol. The molecule has 0 aliphatic carbocycles. The Morgan fingerprint density at radius 2 is 2.21 bits per heavy atom. The highest BCUT2D eigenvalue weighted by Gasteiger charge is 2.14. The Bertz CT molecular complexity index is 424. The number of rotatable bonds is 7. The molecule has 0 saturated carbocycles. The van der Waals surface area contributed by atoms with Crippen molar-refractivity contribution < 1.29 is 9.53 Å². The first-order chi connectivity index (χ1) is 9.12. The van der Waals surface area contributed by atoms with Crippen molar-refractivity contribution in [1.29, 1.82) is 0 Å². The van der Waals surface area contributed by atoms with Gasteiger partial charge < -0.3 is 10.1 Å². The molecule has 1 N–H and O–H groups in total. The average molecular weight is 304 g/mol. The summed E-state index contributed by atoms with van der Waals surface area (Å²) in [6.07, 6.45) is 1.89. The molecule has 0 aliphatic heterocycles. The lowest BCUT2D eigenvalue weighted by atomic mass is 10.0. The van der Waals surface area contributed by atoms with E-state index in [4.69, 9.17) is 27.9 Å². The highest BCUT2D eigenvalue weighted by molar-refractivity contribution is 6.30. The van der Waals surface area contributed by atoms with Gasteiger partial charge in [0.25, 0.3) is 5.91 Å². The zero-order valence-electron chi connectivity index (χ0n) is 11.2. The molecule has 1 unspecified atom stereocenters. The van der Waals surface area contributed by atoms with Gasteiger partial charge in [-0.25, -0.2) is 0 Å². The Morgan fingerprint density at radius 3 is 2.79 bits per heavy atom. The second-order valence-corrected chi connectivity index (χ2v) is 5.12. The van der Waals surface area contributed by atoms with Gasteiger partial charge in [0.2, 0.25) is 0 Å². The maximum absolute atomic E-state index is 12.1. The van der Waals surface area contributed by atoms with Crippen molar-refractivity contribution in [2.75, 3.05) is 19.5 Å². The van der Waals surface area contributed by atoms with Gasteiger partial charge >= 0.3 is 0 Å². The zero-order valence-corrected chi connectivity index (χ0v) is 12.7. The summed E-state index contributed by atoms with van der Waals surface area (Å²) in [7, 11) is 1.52. The number of hydrogen-bond donors (Lipinski definition) is 1. The van der Waals surface area contributed by atoms with Crippen LogP contribution < -0.4 is 10.1 Å². The van der Waals surface area contributed by atoms with Gasteiger partial charge in [0.1, 0.15) is 5.75 Å². The van der Waals surface area contributed by atoms with E-state index < -0.39 is 0 Å². The fourth-order valence-electron chi connectivity index (χ4n) is 1.79. The monoisotopic (exact) mass is 303 g/mol. The third-order valence-corrected chi connectivity index (χ3v) is 3.51. The Labute approximate surface area is 124 Å². The summed E-state index contributed by atoms with van der Waals surface area (Å²) < 4.78 is 5.16. The van der Waals surface area contributed by atoms with Crippen molar-refractivity contribution in [3.8, 4) is 5.75 Å². The van der Waals surface area contributed by atoms with Crippen molar-refractivity contribution in [2.45, 2.75) is 19.8 Å². The third-order valence-electron chi connectivity index (χ3n) is 3.05. The highest BCUT2D eigenvalue weighted by atomic mass is 35.5. The molecule has 0 spiro atoms. The van der Waals surface area contributed by atoms with Crippen LogP contribution in [0.3, 0.4) is 0 Å². The van der Waals surface area contributed by atoms with Crippen LogP contribution in [0.4, 0.5) is 0 Å². The number of ether oxygens (including phenoxy) is 1. The van der Waals surface area contributed by atoms with Gasteiger partial charge in [-0.1, -0.05) is 24.9 Å². The molecule has 1 amide bonds. The van der Waals surface area contributed by atoms with E-state index in [2.05, 4.69) is 12.2 Å². The Morgan fingerprint density at radius 1 is 1.47 bits per heavy atom. The first kappa shape index (κ1) is 16.1. The van der Waals surface area contributed by atoms with E-state index in [1.165, 1.54) is 7.11 Å². The lowest BCUT2D eigenvalue weighted by Crippen LogP contribution is -2.29. The van der Waals surface area contributed by atoms with Gasteiger partial charge in [-0.2, -0.15) is 0 Å². The SMILES string of the molecule is CCC(CCCl)CNC(=O)c1ccc(Cl)cc1OC. The maximum atomic E-state index is 12.1. The summed E-state index contributed by atoms with van der Waals surface area (Å²) in [5.41, 5.74) is 0.493. The van der Waals surface area contributed by atoms with E-state index in [1.807, 2.05) is 0 Å². The number of benzene rings is 1. The Kier molecular flexibility index (Phi) is 7.03. The van der Waals surface area contributed by atoms with Crippen molar-refractivity contribution in [3.05, 3.63) is 28.8 Å². The Balaban J connectivity index is 2.67. The quantitative estimate of drug-likeness (QED) is 0.779. The second kappa shape index (κ2) is 8.28. The Hall–Kier alpha value is -0.930. The molecule has 1 aromatic rings. The van der Waals surface area contributed by atoms with Crippen molar-refractivity contribution in [3.63, 3.8) is 0 Å². The molecule has 106 valence electrons. The molecule has 0 aliphatic rings. The van der Waals surface area contributed by atoms with Crippen LogP contribution in [-0.4, -0.2) is 25.4 Å². The summed E-state index contributed by atoms with van der Waals surface area (Å²) in [5, 5.41) is 3.45. The summed E-state index contributed by atoms with van der Waals surface area (Å²) in [5.74, 6) is 1.34. The molecule has 0 bridgehead atoms. The standard InChI is InChI=1S/C14H19Cl2NO2/c1-3-10(6-7-15)9-17-14(18)12-5-4-11(16)8-13(12)19-2/h4-5,8,10H,3,6-7,9H2,1-2H3,(H,17,18). The minimum Gasteiger partial charge on any atom is -0.496 e. The summed E-state index contributed by atoms with van der Waals surface area (Å²) in [4.78, 5) is 12.1. The average Bonchev–Trinajstić information content (AvgIpc) is 2.42.